The van der Waals surface area contributed by atoms with Gasteiger partial charge >= 0.3 is 0 Å². The smallest absolute Gasteiger partial charge is 0.230 e. The number of methoxy groups -OCH3 is 4. The molecule has 0 spiro atoms. The highest BCUT2D eigenvalue weighted by molar-refractivity contribution is 6.32. The van der Waals surface area contributed by atoms with E-state index < -0.39 is 0 Å². The number of rotatable bonds is 10. The number of hydrogen-bond acceptors (Lipinski definition) is 7. The van der Waals surface area contributed by atoms with Crippen molar-refractivity contribution in [2.24, 2.45) is 10.2 Å². The van der Waals surface area contributed by atoms with Crippen LogP contribution < -0.4 is 29.8 Å². The Bertz CT molecular complexity index is 921. The maximum absolute atomic E-state index is 7.81. The minimum Gasteiger partial charge on any atom is -0.496 e. The fraction of sp³-hybridized carbons (Fsp3) is 0.286. The molecule has 0 radical (unpaired) electrons. The zero-order valence-electron chi connectivity index (χ0n) is 18.2. The largest absolute Gasteiger partial charge is 0.496 e. The summed E-state index contributed by atoms with van der Waals surface area (Å²) in [7, 11) is 6.20. The highest BCUT2D eigenvalue weighted by Crippen LogP contribution is 2.33. The zero-order chi connectivity index (χ0) is 23.5. The third kappa shape index (κ3) is 6.93. The molecule has 0 unspecified atom stereocenters. The van der Waals surface area contributed by atoms with E-state index in [1.165, 1.54) is 14.2 Å². The van der Waals surface area contributed by atoms with E-state index in [2.05, 4.69) is 21.1 Å². The molecule has 0 fully saturated rings. The number of guanidine groups is 1. The Morgan fingerprint density at radius 2 is 1.12 bits per heavy atom. The van der Waals surface area contributed by atoms with Crippen molar-refractivity contribution in [3.8, 4) is 23.0 Å². The van der Waals surface area contributed by atoms with Gasteiger partial charge in [-0.1, -0.05) is 23.2 Å². The van der Waals surface area contributed by atoms with Crippen LogP contribution in [0.15, 0.2) is 34.5 Å². The molecule has 0 aliphatic heterocycles. The van der Waals surface area contributed by atoms with Gasteiger partial charge in [-0.05, 0) is 12.1 Å². The van der Waals surface area contributed by atoms with Gasteiger partial charge in [-0.25, -0.2) is 10.9 Å². The van der Waals surface area contributed by atoms with Crippen molar-refractivity contribution in [2.45, 2.75) is 12.8 Å². The maximum Gasteiger partial charge on any atom is 0.230 e. The van der Waals surface area contributed by atoms with Crippen molar-refractivity contribution in [1.82, 2.24) is 10.9 Å². The van der Waals surface area contributed by atoms with Gasteiger partial charge in [0.1, 0.15) is 23.0 Å². The Labute approximate surface area is 196 Å². The van der Waals surface area contributed by atoms with Crippen molar-refractivity contribution in [1.29, 1.82) is 5.41 Å². The minimum absolute atomic E-state index is 0.100. The Kier molecular flexibility index (Phi) is 9.90. The van der Waals surface area contributed by atoms with Gasteiger partial charge in [0.2, 0.25) is 5.96 Å². The average molecular weight is 482 g/mol. The molecule has 0 aliphatic carbocycles. The fourth-order valence-electron chi connectivity index (χ4n) is 2.70. The van der Waals surface area contributed by atoms with E-state index in [1.54, 1.807) is 50.9 Å². The Morgan fingerprint density at radius 3 is 1.47 bits per heavy atom. The fourth-order valence-corrected chi connectivity index (χ4v) is 3.22. The molecule has 0 atom stereocenters. The molecule has 32 heavy (non-hydrogen) atoms. The van der Waals surface area contributed by atoms with E-state index in [9.17, 15) is 0 Å². The van der Waals surface area contributed by atoms with Gasteiger partial charge in [-0.3, -0.25) is 5.41 Å². The second-order valence-electron chi connectivity index (χ2n) is 6.23. The second kappa shape index (κ2) is 12.6. The van der Waals surface area contributed by atoms with Crippen molar-refractivity contribution in [3.63, 3.8) is 0 Å². The first kappa shape index (κ1) is 25.1. The summed E-state index contributed by atoms with van der Waals surface area (Å²) >= 11 is 12.3. The molecule has 0 amide bonds. The lowest BCUT2D eigenvalue weighted by Gasteiger charge is -2.10. The van der Waals surface area contributed by atoms with E-state index >= 15 is 0 Å². The van der Waals surface area contributed by atoms with Gasteiger partial charge in [0.05, 0.1) is 38.5 Å². The predicted octanol–water partition coefficient (Wildman–Crippen LogP) is 3.90. The lowest BCUT2D eigenvalue weighted by Crippen LogP contribution is -2.29. The van der Waals surface area contributed by atoms with Gasteiger partial charge in [0, 0.05) is 48.5 Å². The van der Waals surface area contributed by atoms with E-state index in [1.807, 2.05) is 0 Å². The standard InChI is InChI=1S/C21H25Cl2N5O4/c1-29-17-11-19(31-3)15(22)9-13(17)5-7-25-27-21(24)28-26-8-6-14-10-16(23)20(32-4)12-18(14)30-2/h7-12H,5-6H2,1-4H3,(H3,24,27,28)/b25-7+,26-8+. The highest BCUT2D eigenvalue weighted by Gasteiger charge is 2.10. The van der Waals surface area contributed by atoms with Crippen molar-refractivity contribution >= 4 is 41.6 Å². The van der Waals surface area contributed by atoms with Gasteiger partial charge in [-0.2, -0.15) is 10.2 Å². The van der Waals surface area contributed by atoms with Crippen LogP contribution in [0.3, 0.4) is 0 Å². The summed E-state index contributed by atoms with van der Waals surface area (Å²) in [5.41, 5.74) is 6.73. The summed E-state index contributed by atoms with van der Waals surface area (Å²) in [6.45, 7) is 0. The Hall–Kier alpha value is -3.17. The molecule has 0 saturated carbocycles. The number of ether oxygens (including phenoxy) is 4. The van der Waals surface area contributed by atoms with Gasteiger partial charge in [0.15, 0.2) is 0 Å². The van der Waals surface area contributed by atoms with Crippen LogP contribution in [0, 0.1) is 5.41 Å². The first-order valence-corrected chi connectivity index (χ1v) is 10.1. The van der Waals surface area contributed by atoms with Crippen molar-refractivity contribution in [2.75, 3.05) is 28.4 Å². The maximum atomic E-state index is 7.81. The van der Waals surface area contributed by atoms with Gasteiger partial charge < -0.3 is 18.9 Å². The van der Waals surface area contributed by atoms with Crippen LogP contribution in [0.4, 0.5) is 0 Å². The molecule has 3 N–H and O–H groups in total. The molecule has 0 heterocycles. The number of nitrogens with zero attached hydrogens (tertiary/aromatic N) is 2. The second-order valence-corrected chi connectivity index (χ2v) is 7.04. The van der Waals surface area contributed by atoms with Crippen LogP contribution >= 0.6 is 23.2 Å². The highest BCUT2D eigenvalue weighted by atomic mass is 35.5. The summed E-state index contributed by atoms with van der Waals surface area (Å²) in [6, 6.07) is 6.92. The normalized spacial score (nSPS) is 10.9. The van der Waals surface area contributed by atoms with Crippen LogP contribution in [0.5, 0.6) is 23.0 Å². The van der Waals surface area contributed by atoms with E-state index in [0.29, 0.717) is 45.9 Å². The third-order valence-electron chi connectivity index (χ3n) is 4.27. The number of hydrogen-bond donors (Lipinski definition) is 3. The van der Waals surface area contributed by atoms with Crippen molar-refractivity contribution in [3.05, 3.63) is 45.4 Å². The molecular weight excluding hydrogens is 457 g/mol. The third-order valence-corrected chi connectivity index (χ3v) is 4.86. The van der Waals surface area contributed by atoms with E-state index in [4.69, 9.17) is 47.6 Å². The monoisotopic (exact) mass is 481 g/mol. The molecule has 0 aliphatic rings. The number of hydrazone groups is 2. The molecular formula is C21H25Cl2N5O4. The Balaban J connectivity index is 1.85. The topological polar surface area (TPSA) is 110 Å². The molecule has 0 aromatic heterocycles. The Morgan fingerprint density at radius 1 is 0.750 bits per heavy atom. The molecule has 0 bridgehead atoms. The average Bonchev–Trinajstić information content (AvgIpc) is 2.79. The molecule has 2 aromatic carbocycles. The van der Waals surface area contributed by atoms with Crippen LogP contribution in [0.1, 0.15) is 11.1 Å². The van der Waals surface area contributed by atoms with E-state index in [-0.39, 0.29) is 5.96 Å². The molecule has 2 rings (SSSR count). The van der Waals surface area contributed by atoms with Crippen LogP contribution in [0.2, 0.25) is 10.0 Å². The number of benzene rings is 2. The predicted molar refractivity (Wildman–Crippen MR) is 128 cm³/mol. The van der Waals surface area contributed by atoms with Crippen molar-refractivity contribution < 1.29 is 18.9 Å². The summed E-state index contributed by atoms with van der Waals surface area (Å²) < 4.78 is 21.0. The summed E-state index contributed by atoms with van der Waals surface area (Å²) in [5.74, 6) is 2.22. The number of halogens is 2. The molecule has 172 valence electrons. The summed E-state index contributed by atoms with van der Waals surface area (Å²) in [4.78, 5) is 0. The van der Waals surface area contributed by atoms with Crippen LogP contribution in [-0.2, 0) is 12.8 Å². The van der Waals surface area contributed by atoms with E-state index in [0.717, 1.165) is 11.1 Å². The SMILES string of the molecule is COc1cc(OC)c(C/C=N/NC(=N)N/N=C/Cc2cc(Cl)c(OC)cc2OC)cc1Cl. The van der Waals surface area contributed by atoms with Crippen LogP contribution in [0.25, 0.3) is 0 Å². The first-order chi connectivity index (χ1) is 15.4. The molecule has 0 saturated heterocycles. The molecule has 11 heteroatoms. The quantitative estimate of drug-likeness (QED) is 0.269. The van der Waals surface area contributed by atoms with Gasteiger partial charge in [-0.15, -0.1) is 0 Å². The van der Waals surface area contributed by atoms with Gasteiger partial charge in [0.25, 0.3) is 0 Å². The summed E-state index contributed by atoms with van der Waals surface area (Å²) in [5, 5.41) is 16.7. The van der Waals surface area contributed by atoms with Crippen LogP contribution in [-0.4, -0.2) is 46.8 Å². The first-order valence-electron chi connectivity index (χ1n) is 9.37. The lowest BCUT2D eigenvalue weighted by atomic mass is 10.1. The number of nitrogens with one attached hydrogen (secondary N) is 3. The molecule has 2 aromatic rings. The zero-order valence-corrected chi connectivity index (χ0v) is 19.7. The minimum atomic E-state index is -0.100. The lowest BCUT2D eigenvalue weighted by molar-refractivity contribution is 0.392. The molecule has 9 nitrogen and oxygen atoms in total. The summed E-state index contributed by atoms with van der Waals surface area (Å²) in [6.07, 6.45) is 4.05.